The van der Waals surface area contributed by atoms with Crippen LogP contribution in [0.2, 0.25) is 0 Å². The van der Waals surface area contributed by atoms with E-state index in [2.05, 4.69) is 9.97 Å². The first-order valence-electron chi connectivity index (χ1n) is 6.95. The second-order valence-electron chi connectivity index (χ2n) is 5.08. The SMILES string of the molecule is COCc1cccc(Oc2cnc(C(C)C)nc2CN)c1. The van der Waals surface area contributed by atoms with Crippen LogP contribution < -0.4 is 10.5 Å². The molecule has 1 aromatic heterocycles. The van der Waals surface area contributed by atoms with Crippen molar-refractivity contribution in [3.63, 3.8) is 0 Å². The van der Waals surface area contributed by atoms with Gasteiger partial charge in [0, 0.05) is 19.6 Å². The Morgan fingerprint density at radius 2 is 2.10 bits per heavy atom. The summed E-state index contributed by atoms with van der Waals surface area (Å²) in [7, 11) is 1.67. The summed E-state index contributed by atoms with van der Waals surface area (Å²) in [6.45, 7) is 4.95. The second-order valence-corrected chi connectivity index (χ2v) is 5.08. The van der Waals surface area contributed by atoms with Crippen molar-refractivity contribution in [3.8, 4) is 11.5 Å². The molecule has 1 heterocycles. The number of benzene rings is 1. The molecule has 21 heavy (non-hydrogen) atoms. The van der Waals surface area contributed by atoms with Crippen LogP contribution in [0.15, 0.2) is 30.5 Å². The highest BCUT2D eigenvalue weighted by Crippen LogP contribution is 2.25. The van der Waals surface area contributed by atoms with Gasteiger partial charge >= 0.3 is 0 Å². The van der Waals surface area contributed by atoms with Gasteiger partial charge in [0.25, 0.3) is 0 Å². The lowest BCUT2D eigenvalue weighted by Gasteiger charge is -2.12. The third-order valence-corrected chi connectivity index (χ3v) is 3.00. The summed E-state index contributed by atoms with van der Waals surface area (Å²) in [6, 6.07) is 7.73. The van der Waals surface area contributed by atoms with Gasteiger partial charge in [-0.3, -0.25) is 0 Å². The quantitative estimate of drug-likeness (QED) is 0.884. The summed E-state index contributed by atoms with van der Waals surface area (Å²) in [5.74, 6) is 2.35. The number of nitrogens with zero attached hydrogens (tertiary/aromatic N) is 2. The molecule has 5 heteroatoms. The van der Waals surface area contributed by atoms with Crippen molar-refractivity contribution in [1.82, 2.24) is 9.97 Å². The Balaban J connectivity index is 2.24. The highest BCUT2D eigenvalue weighted by molar-refractivity contribution is 5.35. The Hall–Kier alpha value is -1.98. The monoisotopic (exact) mass is 287 g/mol. The highest BCUT2D eigenvalue weighted by Gasteiger charge is 2.10. The van der Waals surface area contributed by atoms with Crippen molar-refractivity contribution in [2.24, 2.45) is 5.73 Å². The number of hydrogen-bond acceptors (Lipinski definition) is 5. The van der Waals surface area contributed by atoms with Crippen LogP contribution in [0, 0.1) is 0 Å². The topological polar surface area (TPSA) is 70.3 Å². The number of aromatic nitrogens is 2. The first-order chi connectivity index (χ1) is 10.1. The van der Waals surface area contributed by atoms with Crippen LogP contribution in [0.5, 0.6) is 11.5 Å². The number of methoxy groups -OCH3 is 1. The lowest BCUT2D eigenvalue weighted by molar-refractivity contribution is 0.184. The van der Waals surface area contributed by atoms with Gasteiger partial charge in [-0.1, -0.05) is 26.0 Å². The van der Waals surface area contributed by atoms with Crippen molar-refractivity contribution in [2.45, 2.75) is 32.9 Å². The van der Waals surface area contributed by atoms with E-state index in [4.69, 9.17) is 15.2 Å². The van der Waals surface area contributed by atoms with Gasteiger partial charge in [-0.05, 0) is 17.7 Å². The number of hydrogen-bond donors (Lipinski definition) is 1. The normalized spacial score (nSPS) is 10.9. The lowest BCUT2D eigenvalue weighted by Crippen LogP contribution is -2.07. The first-order valence-corrected chi connectivity index (χ1v) is 6.95. The van der Waals surface area contributed by atoms with E-state index < -0.39 is 0 Å². The van der Waals surface area contributed by atoms with E-state index in [1.807, 2.05) is 38.1 Å². The zero-order chi connectivity index (χ0) is 15.2. The Morgan fingerprint density at radius 3 is 2.76 bits per heavy atom. The van der Waals surface area contributed by atoms with Crippen LogP contribution in [0.4, 0.5) is 0 Å². The Morgan fingerprint density at radius 1 is 1.29 bits per heavy atom. The van der Waals surface area contributed by atoms with Gasteiger partial charge in [0.2, 0.25) is 0 Å². The summed E-state index contributed by atoms with van der Waals surface area (Å²) >= 11 is 0. The maximum Gasteiger partial charge on any atom is 0.168 e. The van der Waals surface area contributed by atoms with Gasteiger partial charge < -0.3 is 15.2 Å². The maximum atomic E-state index is 5.86. The van der Waals surface area contributed by atoms with E-state index >= 15 is 0 Å². The Kier molecular flexibility index (Phi) is 5.25. The molecule has 0 atom stereocenters. The molecule has 0 saturated carbocycles. The number of ether oxygens (including phenoxy) is 2. The van der Waals surface area contributed by atoms with Crippen molar-refractivity contribution in [3.05, 3.63) is 47.5 Å². The Labute approximate surface area is 125 Å². The fraction of sp³-hybridized carbons (Fsp3) is 0.375. The van der Waals surface area contributed by atoms with E-state index in [1.54, 1.807) is 13.3 Å². The van der Waals surface area contributed by atoms with E-state index in [9.17, 15) is 0 Å². The minimum Gasteiger partial charge on any atom is -0.454 e. The van der Waals surface area contributed by atoms with Crippen LogP contribution in [-0.2, 0) is 17.9 Å². The summed E-state index contributed by atoms with van der Waals surface area (Å²) in [5.41, 5.74) is 7.52. The average Bonchev–Trinajstić information content (AvgIpc) is 2.48. The Bertz CT molecular complexity index is 600. The summed E-state index contributed by atoms with van der Waals surface area (Å²) < 4.78 is 11.0. The van der Waals surface area contributed by atoms with Crippen LogP contribution in [-0.4, -0.2) is 17.1 Å². The van der Waals surface area contributed by atoms with E-state index in [0.29, 0.717) is 24.6 Å². The molecule has 0 fully saturated rings. The molecule has 0 spiro atoms. The van der Waals surface area contributed by atoms with Gasteiger partial charge in [-0.15, -0.1) is 0 Å². The van der Waals surface area contributed by atoms with Crippen LogP contribution in [0.3, 0.4) is 0 Å². The van der Waals surface area contributed by atoms with Gasteiger partial charge in [-0.2, -0.15) is 0 Å². The molecule has 5 nitrogen and oxygen atoms in total. The first kappa shape index (κ1) is 15.4. The third kappa shape index (κ3) is 4.00. The van der Waals surface area contributed by atoms with Crippen LogP contribution >= 0.6 is 0 Å². The molecule has 0 aliphatic rings. The predicted octanol–water partition coefficient (Wildman–Crippen LogP) is 3.00. The molecule has 112 valence electrons. The average molecular weight is 287 g/mol. The zero-order valence-corrected chi connectivity index (χ0v) is 12.7. The third-order valence-electron chi connectivity index (χ3n) is 3.00. The zero-order valence-electron chi connectivity index (χ0n) is 12.7. The predicted molar refractivity (Wildman–Crippen MR) is 81.2 cm³/mol. The molecular formula is C16H21N3O2. The van der Waals surface area contributed by atoms with Gasteiger partial charge in [0.1, 0.15) is 17.3 Å². The van der Waals surface area contributed by atoms with Crippen molar-refractivity contribution in [1.29, 1.82) is 0 Å². The molecule has 2 N–H and O–H groups in total. The fourth-order valence-electron chi connectivity index (χ4n) is 1.92. The minimum atomic E-state index is 0.259. The van der Waals surface area contributed by atoms with Crippen molar-refractivity contribution < 1.29 is 9.47 Å². The molecule has 1 aromatic carbocycles. The number of nitrogens with two attached hydrogens (primary N) is 1. The van der Waals surface area contributed by atoms with Crippen LogP contribution in [0.25, 0.3) is 0 Å². The number of rotatable bonds is 6. The molecule has 2 aromatic rings. The molecule has 0 aliphatic heterocycles. The molecule has 0 bridgehead atoms. The van der Waals surface area contributed by atoms with Gasteiger partial charge in [0.15, 0.2) is 5.75 Å². The molecule has 0 saturated heterocycles. The van der Waals surface area contributed by atoms with E-state index in [1.165, 1.54) is 0 Å². The van der Waals surface area contributed by atoms with Gasteiger partial charge in [-0.25, -0.2) is 9.97 Å². The molecule has 0 radical (unpaired) electrons. The van der Waals surface area contributed by atoms with Crippen molar-refractivity contribution in [2.75, 3.05) is 7.11 Å². The summed E-state index contributed by atoms with van der Waals surface area (Å²) in [6.07, 6.45) is 1.69. The van der Waals surface area contributed by atoms with Crippen LogP contribution in [0.1, 0.15) is 36.8 Å². The molecular weight excluding hydrogens is 266 g/mol. The van der Waals surface area contributed by atoms with E-state index in [-0.39, 0.29) is 5.92 Å². The molecule has 0 unspecified atom stereocenters. The maximum absolute atomic E-state index is 5.86. The standard InChI is InChI=1S/C16H21N3O2/c1-11(2)16-18-9-15(14(8-17)19-16)21-13-6-4-5-12(7-13)10-20-3/h4-7,9,11H,8,10,17H2,1-3H3. The van der Waals surface area contributed by atoms with Crippen molar-refractivity contribution >= 4 is 0 Å². The minimum absolute atomic E-state index is 0.259. The largest absolute Gasteiger partial charge is 0.454 e. The molecule has 0 amide bonds. The highest BCUT2D eigenvalue weighted by atomic mass is 16.5. The smallest absolute Gasteiger partial charge is 0.168 e. The fourth-order valence-corrected chi connectivity index (χ4v) is 1.92. The molecule has 0 aliphatic carbocycles. The van der Waals surface area contributed by atoms with Gasteiger partial charge in [0.05, 0.1) is 12.8 Å². The summed E-state index contributed by atoms with van der Waals surface area (Å²) in [5, 5.41) is 0. The lowest BCUT2D eigenvalue weighted by atomic mass is 10.2. The molecule has 2 rings (SSSR count). The second kappa shape index (κ2) is 7.15. The van der Waals surface area contributed by atoms with E-state index in [0.717, 1.165) is 17.1 Å². The summed E-state index contributed by atoms with van der Waals surface area (Å²) in [4.78, 5) is 8.79.